The number of sulfonamides is 1. The quantitative estimate of drug-likeness (QED) is 0.663. The van der Waals surface area contributed by atoms with E-state index in [-0.39, 0.29) is 23.0 Å². The Balaban J connectivity index is 1.48. The molecule has 7 nitrogen and oxygen atoms in total. The minimum atomic E-state index is -3.49. The second kappa shape index (κ2) is 10.2. The van der Waals surface area contributed by atoms with Gasteiger partial charge < -0.3 is 10.1 Å². The molecule has 0 radical (unpaired) electrons. The van der Waals surface area contributed by atoms with Crippen LogP contribution in [0.1, 0.15) is 50.4 Å². The maximum atomic E-state index is 12.8. The van der Waals surface area contributed by atoms with Crippen LogP contribution in [-0.2, 0) is 14.8 Å². The number of morpholine rings is 1. The third kappa shape index (κ3) is 6.03. The molecule has 1 N–H and O–H groups in total. The molecule has 2 heterocycles. The van der Waals surface area contributed by atoms with Crippen molar-refractivity contribution in [2.45, 2.75) is 57.1 Å². The summed E-state index contributed by atoms with van der Waals surface area (Å²) in [6, 6.07) is 6.28. The van der Waals surface area contributed by atoms with Crippen LogP contribution >= 0.6 is 0 Å². The van der Waals surface area contributed by atoms with E-state index in [1.165, 1.54) is 0 Å². The summed E-state index contributed by atoms with van der Waals surface area (Å²) in [5, 5.41) is 2.93. The molecule has 0 saturated carbocycles. The average molecular weight is 438 g/mol. The first kappa shape index (κ1) is 23.2. The van der Waals surface area contributed by atoms with E-state index in [1.54, 1.807) is 28.6 Å². The van der Waals surface area contributed by atoms with Crippen molar-refractivity contribution in [3.63, 3.8) is 0 Å². The fourth-order valence-electron chi connectivity index (χ4n) is 4.37. The van der Waals surface area contributed by atoms with Gasteiger partial charge in [0.15, 0.2) is 0 Å². The minimum Gasteiger partial charge on any atom is -0.373 e. The lowest BCUT2D eigenvalue weighted by molar-refractivity contribution is -0.0680. The van der Waals surface area contributed by atoms with Gasteiger partial charge in [0.25, 0.3) is 5.91 Å². The van der Waals surface area contributed by atoms with Gasteiger partial charge in [-0.3, -0.25) is 9.69 Å². The van der Waals surface area contributed by atoms with Gasteiger partial charge in [-0.15, -0.1) is 0 Å². The zero-order valence-corrected chi connectivity index (χ0v) is 19.2. The number of hydrogen-bond donors (Lipinski definition) is 1. The smallest absolute Gasteiger partial charge is 0.251 e. The first-order valence-electron chi connectivity index (χ1n) is 11.0. The van der Waals surface area contributed by atoms with Gasteiger partial charge in [-0.25, -0.2) is 8.42 Å². The zero-order valence-electron chi connectivity index (χ0n) is 18.3. The Morgan fingerprint density at radius 1 is 1.10 bits per heavy atom. The van der Waals surface area contributed by atoms with Crippen LogP contribution in [0.5, 0.6) is 0 Å². The molecule has 0 bridgehead atoms. The lowest BCUT2D eigenvalue weighted by Crippen LogP contribution is -2.46. The van der Waals surface area contributed by atoms with Crippen molar-refractivity contribution in [1.82, 2.24) is 14.5 Å². The van der Waals surface area contributed by atoms with Gasteiger partial charge in [-0.2, -0.15) is 4.31 Å². The third-order valence-corrected chi connectivity index (χ3v) is 7.69. The summed E-state index contributed by atoms with van der Waals surface area (Å²) in [6.45, 7) is 10.7. The van der Waals surface area contributed by atoms with Gasteiger partial charge in [0.2, 0.25) is 10.0 Å². The predicted octanol–water partition coefficient (Wildman–Crippen LogP) is 2.34. The van der Waals surface area contributed by atoms with Gasteiger partial charge in [-0.05, 0) is 63.3 Å². The molecule has 30 heavy (non-hydrogen) atoms. The van der Waals surface area contributed by atoms with E-state index in [0.29, 0.717) is 31.1 Å². The monoisotopic (exact) mass is 437 g/mol. The average Bonchev–Trinajstić information content (AvgIpc) is 2.70. The lowest BCUT2D eigenvalue weighted by Gasteiger charge is -2.35. The largest absolute Gasteiger partial charge is 0.373 e. The van der Waals surface area contributed by atoms with Crippen molar-refractivity contribution in [3.05, 3.63) is 29.8 Å². The number of nitrogens with zero attached hydrogens (tertiary/aromatic N) is 2. The summed E-state index contributed by atoms with van der Waals surface area (Å²) in [7, 11) is -3.49. The highest BCUT2D eigenvalue weighted by atomic mass is 32.2. The van der Waals surface area contributed by atoms with Gasteiger partial charge in [0, 0.05) is 44.8 Å². The highest BCUT2D eigenvalue weighted by Crippen LogP contribution is 2.23. The second-order valence-electron chi connectivity index (χ2n) is 8.76. The van der Waals surface area contributed by atoms with Crippen molar-refractivity contribution >= 4 is 15.9 Å². The Labute approximate surface area is 180 Å². The number of hydrogen-bond acceptors (Lipinski definition) is 5. The molecule has 2 saturated heterocycles. The van der Waals surface area contributed by atoms with E-state index in [9.17, 15) is 13.2 Å². The summed E-state index contributed by atoms with van der Waals surface area (Å²) in [5.41, 5.74) is 0.481. The summed E-state index contributed by atoms with van der Waals surface area (Å²) < 4.78 is 33.0. The predicted molar refractivity (Wildman–Crippen MR) is 117 cm³/mol. The summed E-state index contributed by atoms with van der Waals surface area (Å²) in [6.07, 6.45) is 3.31. The number of rotatable bonds is 7. The van der Waals surface area contributed by atoms with Crippen molar-refractivity contribution < 1.29 is 17.9 Å². The molecule has 0 unspecified atom stereocenters. The summed E-state index contributed by atoms with van der Waals surface area (Å²) in [4.78, 5) is 15.0. The normalized spacial score (nSPS) is 26.4. The molecule has 1 aromatic carbocycles. The Kier molecular flexibility index (Phi) is 7.90. The number of ether oxygens (including phenoxy) is 1. The fourth-order valence-corrected chi connectivity index (χ4v) is 5.96. The number of amides is 1. The van der Waals surface area contributed by atoms with Crippen LogP contribution in [0.3, 0.4) is 0 Å². The standard InChI is InChI=1S/C22H35N3O4S/c1-17-6-4-13-25(14-17)30(27,28)21-9-7-20(8-10-21)22(26)23-11-5-12-24-15-18(2)29-19(3)16-24/h7-10,17-19H,4-6,11-16H2,1-3H3,(H,23,26)/t17-,18-,19+/m0/s1. The molecule has 1 aromatic rings. The Morgan fingerprint density at radius 3 is 2.40 bits per heavy atom. The Morgan fingerprint density at radius 2 is 1.77 bits per heavy atom. The number of carbonyl (C=O) groups excluding carboxylic acids is 1. The zero-order chi connectivity index (χ0) is 21.7. The van der Waals surface area contributed by atoms with Gasteiger partial charge in [0.05, 0.1) is 17.1 Å². The van der Waals surface area contributed by atoms with Crippen LogP contribution in [0, 0.1) is 5.92 Å². The van der Waals surface area contributed by atoms with Crippen molar-refractivity contribution in [2.75, 3.05) is 39.3 Å². The number of benzene rings is 1. The molecule has 8 heteroatoms. The van der Waals surface area contributed by atoms with Gasteiger partial charge in [0.1, 0.15) is 0 Å². The van der Waals surface area contributed by atoms with Crippen LogP contribution in [-0.4, -0.2) is 75.0 Å². The molecule has 2 aliphatic rings. The molecule has 0 aromatic heterocycles. The van der Waals surface area contributed by atoms with E-state index in [4.69, 9.17) is 4.74 Å². The fraction of sp³-hybridized carbons (Fsp3) is 0.682. The summed E-state index contributed by atoms with van der Waals surface area (Å²) in [5.74, 6) is 0.205. The molecule has 1 amide bonds. The van der Waals surface area contributed by atoms with Crippen LogP contribution in [0.25, 0.3) is 0 Å². The second-order valence-corrected chi connectivity index (χ2v) is 10.7. The molecule has 168 valence electrons. The van der Waals surface area contributed by atoms with Crippen molar-refractivity contribution in [3.8, 4) is 0 Å². The van der Waals surface area contributed by atoms with Crippen LogP contribution in [0.15, 0.2) is 29.2 Å². The van der Waals surface area contributed by atoms with Crippen molar-refractivity contribution in [1.29, 1.82) is 0 Å². The first-order valence-corrected chi connectivity index (χ1v) is 12.5. The van der Waals surface area contributed by atoms with E-state index in [2.05, 4.69) is 31.0 Å². The van der Waals surface area contributed by atoms with Crippen LogP contribution in [0.4, 0.5) is 0 Å². The van der Waals surface area contributed by atoms with E-state index in [0.717, 1.165) is 38.9 Å². The topological polar surface area (TPSA) is 79.0 Å². The lowest BCUT2D eigenvalue weighted by atomic mass is 10.0. The maximum absolute atomic E-state index is 12.8. The minimum absolute atomic E-state index is 0.172. The molecular weight excluding hydrogens is 402 g/mol. The molecule has 3 atom stereocenters. The Bertz CT molecular complexity index is 802. The Hall–Kier alpha value is -1.48. The third-order valence-electron chi connectivity index (χ3n) is 5.81. The van der Waals surface area contributed by atoms with Gasteiger partial charge >= 0.3 is 0 Å². The summed E-state index contributed by atoms with van der Waals surface area (Å²) >= 11 is 0. The molecule has 2 fully saturated rings. The maximum Gasteiger partial charge on any atom is 0.251 e. The van der Waals surface area contributed by atoms with Crippen LogP contribution < -0.4 is 5.32 Å². The number of piperidine rings is 1. The van der Waals surface area contributed by atoms with E-state index in [1.807, 2.05) is 0 Å². The number of carbonyl (C=O) groups is 1. The molecule has 3 rings (SSSR count). The van der Waals surface area contributed by atoms with Gasteiger partial charge in [-0.1, -0.05) is 6.92 Å². The highest BCUT2D eigenvalue weighted by molar-refractivity contribution is 7.89. The van der Waals surface area contributed by atoms with E-state index >= 15 is 0 Å². The SMILES string of the molecule is C[C@H]1CCCN(S(=O)(=O)c2ccc(C(=O)NCCCN3C[C@@H](C)O[C@@H](C)C3)cc2)C1. The molecule has 2 aliphatic heterocycles. The van der Waals surface area contributed by atoms with Crippen LogP contribution in [0.2, 0.25) is 0 Å². The number of nitrogens with one attached hydrogen (secondary N) is 1. The first-order chi connectivity index (χ1) is 14.3. The molecule has 0 spiro atoms. The van der Waals surface area contributed by atoms with E-state index < -0.39 is 10.0 Å². The van der Waals surface area contributed by atoms with Crippen molar-refractivity contribution in [2.24, 2.45) is 5.92 Å². The molecular formula is C22H35N3O4S. The molecule has 0 aliphatic carbocycles. The highest BCUT2D eigenvalue weighted by Gasteiger charge is 2.28.